The van der Waals surface area contributed by atoms with E-state index < -0.39 is 0 Å². The Labute approximate surface area is 113 Å². The van der Waals surface area contributed by atoms with Gasteiger partial charge in [0.2, 0.25) is 0 Å². The van der Waals surface area contributed by atoms with Gasteiger partial charge in [-0.25, -0.2) is 0 Å². The molecule has 4 nitrogen and oxygen atoms in total. The van der Waals surface area contributed by atoms with Gasteiger partial charge in [0.15, 0.2) is 0 Å². The molecule has 1 aliphatic rings. The van der Waals surface area contributed by atoms with Crippen LogP contribution in [0, 0.1) is 11.8 Å². The van der Waals surface area contributed by atoms with Gasteiger partial charge in [0.25, 0.3) is 5.91 Å². The maximum Gasteiger partial charge on any atom is 0.254 e. The molecule has 0 aliphatic carbocycles. The monoisotopic (exact) mass is 258 g/mol. The first-order valence-corrected chi connectivity index (χ1v) is 6.40. The Morgan fingerprint density at radius 1 is 1.47 bits per heavy atom. The summed E-state index contributed by atoms with van der Waals surface area (Å²) < 4.78 is 5.43. The maximum absolute atomic E-state index is 12.3. The maximum atomic E-state index is 12.3. The number of nitrogens with zero attached hydrogens (tertiary/aromatic N) is 1. The summed E-state index contributed by atoms with van der Waals surface area (Å²) in [6.07, 6.45) is 0.104. The van der Waals surface area contributed by atoms with Crippen molar-refractivity contribution >= 4 is 5.91 Å². The van der Waals surface area contributed by atoms with Gasteiger partial charge in [0, 0.05) is 24.2 Å². The summed E-state index contributed by atoms with van der Waals surface area (Å²) in [5.74, 6) is 5.77. The first kappa shape index (κ1) is 13.6. The molecule has 0 radical (unpaired) electrons. The lowest BCUT2D eigenvalue weighted by molar-refractivity contribution is -0.0124. The van der Waals surface area contributed by atoms with E-state index in [4.69, 9.17) is 10.5 Å². The van der Waals surface area contributed by atoms with Gasteiger partial charge >= 0.3 is 0 Å². The van der Waals surface area contributed by atoms with Crippen LogP contribution in [0.4, 0.5) is 0 Å². The van der Waals surface area contributed by atoms with Gasteiger partial charge in [-0.05, 0) is 31.2 Å². The quantitative estimate of drug-likeness (QED) is 0.760. The summed E-state index contributed by atoms with van der Waals surface area (Å²) in [5, 5.41) is 0. The van der Waals surface area contributed by atoms with Crippen molar-refractivity contribution < 1.29 is 9.53 Å². The zero-order valence-corrected chi connectivity index (χ0v) is 11.1. The van der Waals surface area contributed by atoms with Gasteiger partial charge in [-0.15, -0.1) is 0 Å². The fourth-order valence-electron chi connectivity index (χ4n) is 2.03. The largest absolute Gasteiger partial charge is 0.375 e. The second-order valence-corrected chi connectivity index (χ2v) is 4.52. The van der Waals surface area contributed by atoms with Crippen molar-refractivity contribution in [2.24, 2.45) is 5.73 Å². The molecule has 2 N–H and O–H groups in total. The summed E-state index contributed by atoms with van der Waals surface area (Å²) in [5.41, 5.74) is 6.88. The fourth-order valence-corrected chi connectivity index (χ4v) is 2.03. The third kappa shape index (κ3) is 3.57. The number of rotatable bonds is 1. The van der Waals surface area contributed by atoms with E-state index in [-0.39, 0.29) is 12.0 Å². The second kappa shape index (κ2) is 6.37. The molecule has 0 aromatic heterocycles. The van der Waals surface area contributed by atoms with E-state index in [1.54, 1.807) is 0 Å². The van der Waals surface area contributed by atoms with Crippen LogP contribution in [-0.4, -0.2) is 43.2 Å². The Kier molecular flexibility index (Phi) is 4.56. The Hall–Kier alpha value is -1.83. The normalized spacial score (nSPS) is 18.6. The molecule has 4 heteroatoms. The van der Waals surface area contributed by atoms with E-state index in [2.05, 4.69) is 11.8 Å². The topological polar surface area (TPSA) is 55.6 Å². The van der Waals surface area contributed by atoms with Crippen molar-refractivity contribution in [1.29, 1.82) is 0 Å². The van der Waals surface area contributed by atoms with Crippen molar-refractivity contribution in [3.05, 3.63) is 35.4 Å². The first-order chi connectivity index (χ1) is 9.20. The van der Waals surface area contributed by atoms with E-state index in [1.807, 2.05) is 36.1 Å². The van der Waals surface area contributed by atoms with E-state index in [0.29, 0.717) is 31.8 Å². The van der Waals surface area contributed by atoms with Gasteiger partial charge in [-0.3, -0.25) is 4.79 Å². The summed E-state index contributed by atoms with van der Waals surface area (Å²) in [6.45, 7) is 4.22. The summed E-state index contributed by atoms with van der Waals surface area (Å²) in [6, 6.07) is 7.31. The first-order valence-electron chi connectivity index (χ1n) is 6.40. The van der Waals surface area contributed by atoms with Crippen molar-refractivity contribution in [2.45, 2.75) is 13.0 Å². The zero-order valence-electron chi connectivity index (χ0n) is 11.1. The van der Waals surface area contributed by atoms with Gasteiger partial charge in [-0.1, -0.05) is 11.8 Å². The molecular formula is C15H18N2O2. The number of morpholine rings is 1. The molecule has 19 heavy (non-hydrogen) atoms. The molecule has 2 rings (SSSR count). The number of nitrogens with two attached hydrogens (primary N) is 1. The average Bonchev–Trinajstić information content (AvgIpc) is 2.45. The molecule has 0 saturated carbocycles. The third-order valence-corrected chi connectivity index (χ3v) is 2.99. The van der Waals surface area contributed by atoms with Crippen molar-refractivity contribution in [2.75, 3.05) is 26.2 Å². The Balaban J connectivity index is 2.07. The van der Waals surface area contributed by atoms with Crippen LogP contribution in [0.15, 0.2) is 24.3 Å². The molecule has 0 bridgehead atoms. The van der Waals surface area contributed by atoms with E-state index in [9.17, 15) is 4.79 Å². The number of carbonyl (C=O) groups excluding carboxylic acids is 1. The summed E-state index contributed by atoms with van der Waals surface area (Å²) >= 11 is 0. The highest BCUT2D eigenvalue weighted by atomic mass is 16.5. The minimum Gasteiger partial charge on any atom is -0.375 e. The van der Waals surface area contributed by atoms with Crippen LogP contribution in [0.1, 0.15) is 22.8 Å². The highest BCUT2D eigenvalue weighted by Crippen LogP contribution is 2.11. The standard InChI is InChI=1S/C15H18N2O2/c1-12-11-17(9-10-19-12)15(18)14-6-4-13(5-7-14)3-2-8-16/h4-7,12H,8-11,16H2,1H3. The van der Waals surface area contributed by atoms with Gasteiger partial charge in [0.1, 0.15) is 0 Å². The van der Waals surface area contributed by atoms with Crippen LogP contribution in [0.5, 0.6) is 0 Å². The highest BCUT2D eigenvalue weighted by Gasteiger charge is 2.22. The molecule has 1 unspecified atom stereocenters. The van der Waals surface area contributed by atoms with E-state index in [1.165, 1.54) is 0 Å². The minimum atomic E-state index is 0.0495. The highest BCUT2D eigenvalue weighted by molar-refractivity contribution is 5.94. The molecule has 1 saturated heterocycles. The van der Waals surface area contributed by atoms with Gasteiger partial charge < -0.3 is 15.4 Å². The average molecular weight is 258 g/mol. The fraction of sp³-hybridized carbons (Fsp3) is 0.400. The van der Waals surface area contributed by atoms with Crippen molar-refractivity contribution in [3.63, 3.8) is 0 Å². The van der Waals surface area contributed by atoms with Gasteiger partial charge in [-0.2, -0.15) is 0 Å². The molecule has 1 amide bonds. The van der Waals surface area contributed by atoms with Crippen LogP contribution in [0.2, 0.25) is 0 Å². The molecule has 1 atom stereocenters. The molecule has 1 fully saturated rings. The Morgan fingerprint density at radius 2 is 2.21 bits per heavy atom. The molecule has 1 aromatic carbocycles. The van der Waals surface area contributed by atoms with Crippen LogP contribution < -0.4 is 5.73 Å². The van der Waals surface area contributed by atoms with E-state index in [0.717, 1.165) is 5.56 Å². The third-order valence-electron chi connectivity index (χ3n) is 2.99. The summed E-state index contributed by atoms with van der Waals surface area (Å²) in [7, 11) is 0. The zero-order chi connectivity index (χ0) is 13.7. The number of amides is 1. The molecule has 1 heterocycles. The number of benzene rings is 1. The molecular weight excluding hydrogens is 240 g/mol. The molecule has 1 aliphatic heterocycles. The summed E-state index contributed by atoms with van der Waals surface area (Å²) in [4.78, 5) is 14.1. The molecule has 0 spiro atoms. The lowest BCUT2D eigenvalue weighted by Gasteiger charge is -2.31. The number of carbonyl (C=O) groups is 1. The Morgan fingerprint density at radius 3 is 2.84 bits per heavy atom. The minimum absolute atomic E-state index is 0.0495. The van der Waals surface area contributed by atoms with Gasteiger partial charge in [0.05, 0.1) is 19.3 Å². The van der Waals surface area contributed by atoms with E-state index >= 15 is 0 Å². The Bertz CT molecular complexity index is 499. The van der Waals surface area contributed by atoms with Crippen LogP contribution in [0.3, 0.4) is 0 Å². The van der Waals surface area contributed by atoms with Crippen LogP contribution in [0.25, 0.3) is 0 Å². The molecule has 100 valence electrons. The van der Waals surface area contributed by atoms with Crippen LogP contribution >= 0.6 is 0 Å². The van der Waals surface area contributed by atoms with Crippen molar-refractivity contribution in [3.8, 4) is 11.8 Å². The van der Waals surface area contributed by atoms with Crippen molar-refractivity contribution in [1.82, 2.24) is 4.90 Å². The van der Waals surface area contributed by atoms with Crippen LogP contribution in [-0.2, 0) is 4.74 Å². The number of hydrogen-bond acceptors (Lipinski definition) is 3. The smallest absolute Gasteiger partial charge is 0.254 e. The number of hydrogen-bond donors (Lipinski definition) is 1. The number of ether oxygens (including phenoxy) is 1. The predicted molar refractivity (Wildman–Crippen MR) is 73.7 cm³/mol. The lowest BCUT2D eigenvalue weighted by atomic mass is 10.1. The lowest BCUT2D eigenvalue weighted by Crippen LogP contribution is -2.44. The SMILES string of the molecule is CC1CN(C(=O)c2ccc(C#CCN)cc2)CCO1. The second-order valence-electron chi connectivity index (χ2n) is 4.52. The molecule has 1 aromatic rings. The predicted octanol–water partition coefficient (Wildman–Crippen LogP) is 0.858.